The quantitative estimate of drug-likeness (QED) is 0.297. The summed E-state index contributed by atoms with van der Waals surface area (Å²) in [6.45, 7) is 4.09. The van der Waals surface area contributed by atoms with Crippen LogP contribution in [0.3, 0.4) is 0 Å². The summed E-state index contributed by atoms with van der Waals surface area (Å²) < 4.78 is 22.5. The highest BCUT2D eigenvalue weighted by Crippen LogP contribution is 2.36. The summed E-state index contributed by atoms with van der Waals surface area (Å²) >= 11 is 6.50. The lowest BCUT2D eigenvalue weighted by atomic mass is 9.79. The standard InChI is InChI=1S/C31H38ClFN4O3/c1-18(2)30-24-14-21(15-26(33)29(24)36-37(30)3)23-16-27(34-17-25(23)32)35-31(39)20-9-7-8-19(12-20)13-28(38)40-22-10-5-4-6-11-22/h14-20,22H,4-13H2,1-3H3,(H,34,35,39)/t19-,20+/m1/s1. The van der Waals surface area contributed by atoms with Gasteiger partial charge < -0.3 is 10.1 Å². The highest BCUT2D eigenvalue weighted by molar-refractivity contribution is 6.33. The van der Waals surface area contributed by atoms with Gasteiger partial charge in [0.2, 0.25) is 5.91 Å². The van der Waals surface area contributed by atoms with Crippen LogP contribution in [0, 0.1) is 17.7 Å². The van der Waals surface area contributed by atoms with Crippen molar-refractivity contribution in [3.05, 3.63) is 40.9 Å². The van der Waals surface area contributed by atoms with Crippen molar-refractivity contribution in [3.8, 4) is 11.1 Å². The fraction of sp³-hybridized carbons (Fsp3) is 0.548. The van der Waals surface area contributed by atoms with Crippen LogP contribution in [-0.2, 0) is 21.4 Å². The number of aryl methyl sites for hydroxylation is 1. The summed E-state index contributed by atoms with van der Waals surface area (Å²) in [4.78, 5) is 30.1. The molecule has 214 valence electrons. The van der Waals surface area contributed by atoms with Gasteiger partial charge in [0.05, 0.1) is 5.02 Å². The van der Waals surface area contributed by atoms with Gasteiger partial charge in [0.25, 0.3) is 0 Å². The van der Waals surface area contributed by atoms with Gasteiger partial charge in [-0.1, -0.05) is 38.3 Å². The van der Waals surface area contributed by atoms with E-state index < -0.39 is 5.82 Å². The molecule has 5 rings (SSSR count). The van der Waals surface area contributed by atoms with Crippen molar-refractivity contribution in [2.45, 2.75) is 90.1 Å². The molecule has 2 heterocycles. The zero-order chi connectivity index (χ0) is 28.4. The number of halogens is 2. The van der Waals surface area contributed by atoms with Gasteiger partial charge in [-0.25, -0.2) is 9.37 Å². The Morgan fingerprint density at radius 1 is 1.12 bits per heavy atom. The van der Waals surface area contributed by atoms with Crippen LogP contribution >= 0.6 is 11.6 Å². The van der Waals surface area contributed by atoms with Crippen molar-refractivity contribution >= 4 is 40.2 Å². The van der Waals surface area contributed by atoms with E-state index in [9.17, 15) is 9.59 Å². The molecule has 1 aromatic carbocycles. The summed E-state index contributed by atoms with van der Waals surface area (Å²) in [5.74, 6) is -0.246. The zero-order valence-corrected chi connectivity index (χ0v) is 24.3. The number of carbonyl (C=O) groups excluding carboxylic acids is 2. The Balaban J connectivity index is 1.28. The molecule has 2 aliphatic rings. The maximum Gasteiger partial charge on any atom is 0.306 e. The summed E-state index contributed by atoms with van der Waals surface area (Å²) in [7, 11) is 1.82. The molecule has 2 fully saturated rings. The van der Waals surface area contributed by atoms with Crippen LogP contribution in [0.5, 0.6) is 0 Å². The number of rotatable bonds is 7. The average molecular weight is 569 g/mol. The van der Waals surface area contributed by atoms with Crippen LogP contribution in [0.2, 0.25) is 5.02 Å². The number of anilines is 1. The number of nitrogens with zero attached hydrogens (tertiary/aromatic N) is 3. The predicted octanol–water partition coefficient (Wildman–Crippen LogP) is 7.56. The van der Waals surface area contributed by atoms with Crippen LogP contribution in [0.15, 0.2) is 24.4 Å². The lowest BCUT2D eigenvalue weighted by Gasteiger charge is -2.29. The predicted molar refractivity (Wildman–Crippen MR) is 155 cm³/mol. The van der Waals surface area contributed by atoms with E-state index in [2.05, 4.69) is 15.4 Å². The number of esters is 1. The highest BCUT2D eigenvalue weighted by atomic mass is 35.5. The van der Waals surface area contributed by atoms with E-state index in [0.717, 1.165) is 56.0 Å². The smallest absolute Gasteiger partial charge is 0.306 e. The molecule has 2 aliphatic carbocycles. The minimum Gasteiger partial charge on any atom is -0.462 e. The summed E-state index contributed by atoms with van der Waals surface area (Å²) in [6.07, 6.45) is 10.5. The molecule has 9 heteroatoms. The van der Waals surface area contributed by atoms with Gasteiger partial charge in [0.15, 0.2) is 5.82 Å². The summed E-state index contributed by atoms with van der Waals surface area (Å²) in [5, 5.41) is 8.40. The minimum atomic E-state index is -0.427. The second kappa shape index (κ2) is 12.2. The van der Waals surface area contributed by atoms with Gasteiger partial charge in [-0.15, -0.1) is 0 Å². The summed E-state index contributed by atoms with van der Waals surface area (Å²) in [5.41, 5.74) is 2.43. The summed E-state index contributed by atoms with van der Waals surface area (Å²) in [6, 6.07) is 5.00. The molecule has 1 amide bonds. The first kappa shape index (κ1) is 28.5. The molecule has 0 radical (unpaired) electrons. The van der Waals surface area contributed by atoms with Gasteiger partial charge in [-0.3, -0.25) is 14.3 Å². The monoisotopic (exact) mass is 568 g/mol. The van der Waals surface area contributed by atoms with Gasteiger partial charge in [0, 0.05) is 42.2 Å². The van der Waals surface area contributed by atoms with Crippen LogP contribution in [0.25, 0.3) is 22.0 Å². The second-order valence-corrected chi connectivity index (χ2v) is 12.1. The first-order chi connectivity index (χ1) is 19.2. The van der Waals surface area contributed by atoms with Crippen molar-refractivity contribution in [2.75, 3.05) is 5.32 Å². The molecule has 0 saturated heterocycles. The van der Waals surface area contributed by atoms with E-state index in [1.54, 1.807) is 10.7 Å². The largest absolute Gasteiger partial charge is 0.462 e. The van der Waals surface area contributed by atoms with E-state index in [1.807, 2.05) is 27.0 Å². The van der Waals surface area contributed by atoms with Gasteiger partial charge in [-0.05, 0) is 80.5 Å². The Morgan fingerprint density at radius 2 is 1.90 bits per heavy atom. The molecule has 7 nitrogen and oxygen atoms in total. The molecule has 2 atom stereocenters. The topological polar surface area (TPSA) is 86.1 Å². The van der Waals surface area contributed by atoms with Gasteiger partial charge in [-0.2, -0.15) is 5.10 Å². The number of aromatic nitrogens is 3. The number of hydrogen-bond acceptors (Lipinski definition) is 5. The number of benzene rings is 1. The molecule has 3 aromatic rings. The van der Waals surface area contributed by atoms with Crippen molar-refractivity contribution in [1.29, 1.82) is 0 Å². The van der Waals surface area contributed by atoms with Gasteiger partial charge in [0.1, 0.15) is 17.4 Å². The number of amides is 1. The van der Waals surface area contributed by atoms with E-state index in [-0.39, 0.29) is 35.7 Å². The molecular formula is C31H38ClFN4O3. The number of fused-ring (bicyclic) bond motifs is 1. The third-order valence-electron chi connectivity index (χ3n) is 8.36. The first-order valence-electron chi connectivity index (χ1n) is 14.5. The van der Waals surface area contributed by atoms with Crippen molar-refractivity contribution in [3.63, 3.8) is 0 Å². The zero-order valence-electron chi connectivity index (χ0n) is 23.5. The average Bonchev–Trinajstić information content (AvgIpc) is 3.27. The SMILES string of the molecule is CC(C)c1c2cc(-c3cc(NC(=O)[C@H]4CCC[C@@H](CC(=O)OC5CCCCC5)C4)ncc3Cl)cc(F)c2nn1C. The number of ether oxygens (including phenoxy) is 1. The molecular weight excluding hydrogens is 531 g/mol. The Bertz CT molecular complexity index is 1400. The van der Waals surface area contributed by atoms with Crippen LogP contribution in [0.1, 0.15) is 89.7 Å². The molecule has 40 heavy (non-hydrogen) atoms. The molecule has 0 spiro atoms. The van der Waals surface area contributed by atoms with Gasteiger partial charge >= 0.3 is 5.97 Å². The third kappa shape index (κ3) is 6.32. The molecule has 1 N–H and O–H groups in total. The Hall–Kier alpha value is -3.00. The molecule has 0 unspecified atom stereocenters. The maximum absolute atomic E-state index is 15.1. The van der Waals surface area contributed by atoms with Crippen LogP contribution in [0.4, 0.5) is 10.2 Å². The molecule has 2 saturated carbocycles. The Labute approximate surface area is 239 Å². The van der Waals surface area contributed by atoms with Crippen LogP contribution < -0.4 is 5.32 Å². The molecule has 0 bridgehead atoms. The van der Waals surface area contributed by atoms with Crippen molar-refractivity contribution in [1.82, 2.24) is 14.8 Å². The maximum atomic E-state index is 15.1. The molecule has 0 aliphatic heterocycles. The van der Waals surface area contributed by atoms with E-state index in [1.165, 1.54) is 18.7 Å². The fourth-order valence-electron chi connectivity index (χ4n) is 6.44. The van der Waals surface area contributed by atoms with E-state index in [4.69, 9.17) is 16.3 Å². The third-order valence-corrected chi connectivity index (χ3v) is 8.66. The second-order valence-electron chi connectivity index (χ2n) is 11.7. The normalized spacial score (nSPS) is 20.1. The van der Waals surface area contributed by atoms with E-state index in [0.29, 0.717) is 40.3 Å². The fourth-order valence-corrected chi connectivity index (χ4v) is 6.65. The first-order valence-corrected chi connectivity index (χ1v) is 14.9. The van der Waals surface area contributed by atoms with Crippen LogP contribution in [-0.4, -0.2) is 32.7 Å². The minimum absolute atomic E-state index is 0.0541. The Morgan fingerprint density at radius 3 is 2.65 bits per heavy atom. The lowest BCUT2D eigenvalue weighted by Crippen LogP contribution is -2.30. The Kier molecular flexibility index (Phi) is 8.74. The lowest BCUT2D eigenvalue weighted by molar-refractivity contribution is -0.152. The van der Waals surface area contributed by atoms with Crippen molar-refractivity contribution < 1.29 is 18.7 Å². The van der Waals surface area contributed by atoms with Crippen molar-refractivity contribution in [2.24, 2.45) is 18.9 Å². The molecule has 2 aromatic heterocycles. The number of pyridine rings is 1. The van der Waals surface area contributed by atoms with E-state index >= 15 is 4.39 Å². The number of hydrogen-bond donors (Lipinski definition) is 1. The number of carbonyl (C=O) groups is 2. The number of nitrogens with one attached hydrogen (secondary N) is 1. The highest BCUT2D eigenvalue weighted by Gasteiger charge is 2.30.